The van der Waals surface area contributed by atoms with Gasteiger partial charge in [0, 0.05) is 18.5 Å². The molecule has 1 fully saturated rings. The van der Waals surface area contributed by atoms with Gasteiger partial charge in [-0.05, 0) is 24.3 Å². The van der Waals surface area contributed by atoms with E-state index in [-0.39, 0.29) is 6.10 Å². The number of hydrogen-bond acceptors (Lipinski definition) is 4. The number of rotatable bonds is 5. The number of carbonyl (C=O) groups is 1. The second-order valence-corrected chi connectivity index (χ2v) is 5.71. The fraction of sp³-hybridized carbons (Fsp3) is 0.615. The highest BCUT2D eigenvalue weighted by molar-refractivity contribution is 7.09. The molecule has 100 valence electrons. The summed E-state index contributed by atoms with van der Waals surface area (Å²) in [6, 6.07) is 3.99. The monoisotopic (exact) mass is 269 g/mol. The third-order valence-corrected chi connectivity index (χ3v) is 4.54. The lowest BCUT2D eigenvalue weighted by Gasteiger charge is -2.40. The fourth-order valence-electron chi connectivity index (χ4n) is 2.64. The molecular weight excluding hydrogens is 250 g/mol. The van der Waals surface area contributed by atoms with E-state index in [0.29, 0.717) is 13.0 Å². The van der Waals surface area contributed by atoms with E-state index in [1.54, 1.807) is 18.4 Å². The Kier molecular flexibility index (Phi) is 4.37. The molecule has 0 aromatic carbocycles. The van der Waals surface area contributed by atoms with Crippen molar-refractivity contribution in [3.63, 3.8) is 0 Å². The van der Waals surface area contributed by atoms with Crippen molar-refractivity contribution in [2.24, 2.45) is 0 Å². The molecule has 2 atom stereocenters. The van der Waals surface area contributed by atoms with E-state index in [0.717, 1.165) is 24.1 Å². The molecule has 0 amide bonds. The SMILES string of the molecule is COC1CCCCC1(NCc1cccs1)C(=O)O. The predicted octanol–water partition coefficient (Wildman–Crippen LogP) is 2.25. The van der Waals surface area contributed by atoms with Crippen LogP contribution in [0.1, 0.15) is 30.6 Å². The van der Waals surface area contributed by atoms with Gasteiger partial charge < -0.3 is 9.84 Å². The molecule has 0 saturated heterocycles. The van der Waals surface area contributed by atoms with Crippen LogP contribution in [0.15, 0.2) is 17.5 Å². The Morgan fingerprint density at radius 3 is 3.11 bits per heavy atom. The second kappa shape index (κ2) is 5.82. The zero-order chi connectivity index (χ0) is 13.0. The molecule has 0 aliphatic heterocycles. The van der Waals surface area contributed by atoms with Gasteiger partial charge in [-0.1, -0.05) is 18.9 Å². The Morgan fingerprint density at radius 1 is 1.67 bits per heavy atom. The van der Waals surface area contributed by atoms with Crippen molar-refractivity contribution in [3.05, 3.63) is 22.4 Å². The lowest BCUT2D eigenvalue weighted by molar-refractivity contribution is -0.154. The van der Waals surface area contributed by atoms with E-state index in [9.17, 15) is 9.90 Å². The van der Waals surface area contributed by atoms with Gasteiger partial charge in [0.2, 0.25) is 0 Å². The van der Waals surface area contributed by atoms with Crippen LogP contribution in [0.2, 0.25) is 0 Å². The highest BCUT2D eigenvalue weighted by atomic mass is 32.1. The minimum atomic E-state index is -0.934. The summed E-state index contributed by atoms with van der Waals surface area (Å²) >= 11 is 1.63. The lowest BCUT2D eigenvalue weighted by atomic mass is 9.79. The van der Waals surface area contributed by atoms with Crippen LogP contribution < -0.4 is 5.32 Å². The number of carboxylic acids is 1. The number of hydrogen-bond donors (Lipinski definition) is 2. The summed E-state index contributed by atoms with van der Waals surface area (Å²) in [5, 5.41) is 14.8. The molecule has 0 spiro atoms. The Balaban J connectivity index is 2.12. The Labute approximate surface area is 111 Å². The summed E-state index contributed by atoms with van der Waals surface area (Å²) in [7, 11) is 1.60. The smallest absolute Gasteiger partial charge is 0.326 e. The van der Waals surface area contributed by atoms with Crippen molar-refractivity contribution in [2.45, 2.75) is 43.9 Å². The van der Waals surface area contributed by atoms with Crippen LogP contribution in [0.5, 0.6) is 0 Å². The van der Waals surface area contributed by atoms with Gasteiger partial charge in [0.1, 0.15) is 5.54 Å². The number of ether oxygens (including phenoxy) is 1. The number of carboxylic acid groups (broad SMARTS) is 1. The maximum atomic E-state index is 11.7. The molecule has 2 unspecified atom stereocenters. The molecule has 1 aromatic rings. The first-order valence-electron chi connectivity index (χ1n) is 6.22. The van der Waals surface area contributed by atoms with E-state index in [1.807, 2.05) is 17.5 Å². The summed E-state index contributed by atoms with van der Waals surface area (Å²) in [5.41, 5.74) is -0.934. The Bertz CT molecular complexity index is 393. The Hall–Kier alpha value is -0.910. The quantitative estimate of drug-likeness (QED) is 0.860. The van der Waals surface area contributed by atoms with E-state index in [1.165, 1.54) is 0 Å². The predicted molar refractivity (Wildman–Crippen MR) is 70.8 cm³/mol. The first-order chi connectivity index (χ1) is 8.69. The first kappa shape index (κ1) is 13.5. The van der Waals surface area contributed by atoms with Crippen LogP contribution in [-0.4, -0.2) is 29.8 Å². The third-order valence-electron chi connectivity index (χ3n) is 3.66. The van der Waals surface area contributed by atoms with Gasteiger partial charge >= 0.3 is 5.97 Å². The third kappa shape index (κ3) is 2.58. The molecule has 1 aliphatic carbocycles. The van der Waals surface area contributed by atoms with Crippen LogP contribution in [0.25, 0.3) is 0 Å². The van der Waals surface area contributed by atoms with Crippen LogP contribution in [0, 0.1) is 0 Å². The number of thiophene rings is 1. The maximum absolute atomic E-state index is 11.7. The number of aliphatic carboxylic acids is 1. The van der Waals surface area contributed by atoms with Crippen LogP contribution >= 0.6 is 11.3 Å². The van der Waals surface area contributed by atoms with Crippen molar-refractivity contribution >= 4 is 17.3 Å². The average molecular weight is 269 g/mol. The minimum Gasteiger partial charge on any atom is -0.480 e. The molecule has 18 heavy (non-hydrogen) atoms. The molecule has 2 N–H and O–H groups in total. The van der Waals surface area contributed by atoms with Gasteiger partial charge in [-0.15, -0.1) is 11.3 Å². The molecule has 0 bridgehead atoms. The van der Waals surface area contributed by atoms with Crippen molar-refractivity contribution in [3.8, 4) is 0 Å². The molecule has 1 aromatic heterocycles. The van der Waals surface area contributed by atoms with Crippen LogP contribution in [0.3, 0.4) is 0 Å². The van der Waals surface area contributed by atoms with Crippen LogP contribution in [0.4, 0.5) is 0 Å². The summed E-state index contributed by atoms with van der Waals surface area (Å²) in [4.78, 5) is 12.8. The zero-order valence-corrected chi connectivity index (χ0v) is 11.3. The topological polar surface area (TPSA) is 58.6 Å². The molecule has 1 saturated carbocycles. The fourth-order valence-corrected chi connectivity index (χ4v) is 3.29. The second-order valence-electron chi connectivity index (χ2n) is 4.68. The van der Waals surface area contributed by atoms with E-state index in [2.05, 4.69) is 5.32 Å². The van der Waals surface area contributed by atoms with Crippen molar-refractivity contribution in [1.82, 2.24) is 5.32 Å². The molecule has 2 rings (SSSR count). The largest absolute Gasteiger partial charge is 0.480 e. The van der Waals surface area contributed by atoms with Gasteiger partial charge in [0.05, 0.1) is 6.10 Å². The van der Waals surface area contributed by atoms with Crippen molar-refractivity contribution < 1.29 is 14.6 Å². The standard InChI is InChI=1S/C13H19NO3S/c1-17-11-6-2-3-7-13(11,12(15)16)14-9-10-5-4-8-18-10/h4-5,8,11,14H,2-3,6-7,9H2,1H3,(H,15,16). The van der Waals surface area contributed by atoms with E-state index >= 15 is 0 Å². The number of methoxy groups -OCH3 is 1. The van der Waals surface area contributed by atoms with Gasteiger partial charge in [-0.3, -0.25) is 10.1 Å². The highest BCUT2D eigenvalue weighted by Crippen LogP contribution is 2.31. The van der Waals surface area contributed by atoms with Crippen molar-refractivity contribution in [1.29, 1.82) is 0 Å². The summed E-state index contributed by atoms with van der Waals surface area (Å²) < 4.78 is 5.40. The maximum Gasteiger partial charge on any atom is 0.326 e. The van der Waals surface area contributed by atoms with Crippen LogP contribution in [-0.2, 0) is 16.1 Å². The molecule has 5 heteroatoms. The summed E-state index contributed by atoms with van der Waals surface area (Å²) in [5.74, 6) is -0.800. The summed E-state index contributed by atoms with van der Waals surface area (Å²) in [6.07, 6.45) is 3.16. The van der Waals surface area contributed by atoms with Gasteiger partial charge in [0.15, 0.2) is 0 Å². The number of nitrogens with one attached hydrogen (secondary N) is 1. The first-order valence-corrected chi connectivity index (χ1v) is 7.10. The van der Waals surface area contributed by atoms with E-state index < -0.39 is 11.5 Å². The minimum absolute atomic E-state index is 0.247. The lowest BCUT2D eigenvalue weighted by Crippen LogP contribution is -2.61. The Morgan fingerprint density at radius 2 is 2.50 bits per heavy atom. The molecule has 1 aliphatic rings. The zero-order valence-electron chi connectivity index (χ0n) is 10.5. The highest BCUT2D eigenvalue weighted by Gasteiger charge is 2.47. The molecule has 4 nitrogen and oxygen atoms in total. The van der Waals surface area contributed by atoms with Crippen molar-refractivity contribution in [2.75, 3.05) is 7.11 Å². The van der Waals surface area contributed by atoms with E-state index in [4.69, 9.17) is 4.74 Å². The van der Waals surface area contributed by atoms with Gasteiger partial charge in [-0.2, -0.15) is 0 Å². The molecule has 0 radical (unpaired) electrons. The normalized spacial score (nSPS) is 28.2. The van der Waals surface area contributed by atoms with Gasteiger partial charge in [0.25, 0.3) is 0 Å². The summed E-state index contributed by atoms with van der Waals surface area (Å²) in [6.45, 7) is 0.587. The van der Waals surface area contributed by atoms with Gasteiger partial charge in [-0.25, -0.2) is 0 Å². The average Bonchev–Trinajstić information content (AvgIpc) is 2.89. The molecule has 1 heterocycles. The molecular formula is C13H19NO3S.